The van der Waals surface area contributed by atoms with Gasteiger partial charge in [0.2, 0.25) is 11.8 Å². The Morgan fingerprint density at radius 3 is 2.87 bits per heavy atom. The smallest absolute Gasteiger partial charge is 0.250 e. The van der Waals surface area contributed by atoms with E-state index >= 15 is 0 Å². The van der Waals surface area contributed by atoms with Crippen molar-refractivity contribution in [3.63, 3.8) is 0 Å². The number of hydrogen-bond acceptors (Lipinski definition) is 6. The first-order valence-corrected chi connectivity index (χ1v) is 8.07. The van der Waals surface area contributed by atoms with E-state index in [1.54, 1.807) is 12.4 Å². The fourth-order valence-corrected chi connectivity index (χ4v) is 2.80. The van der Waals surface area contributed by atoms with E-state index in [0.717, 1.165) is 25.8 Å². The number of nitrogens with zero attached hydrogens (tertiary/aromatic N) is 5. The fraction of sp³-hybridized carbons (Fsp3) is 0.562. The first-order valence-electron chi connectivity index (χ1n) is 8.07. The summed E-state index contributed by atoms with van der Waals surface area (Å²) < 4.78 is 5.80. The van der Waals surface area contributed by atoms with E-state index in [0.29, 0.717) is 36.1 Å². The molecule has 1 fully saturated rings. The average Bonchev–Trinajstić information content (AvgIpc) is 3.06. The van der Waals surface area contributed by atoms with Gasteiger partial charge in [-0.1, -0.05) is 6.92 Å². The van der Waals surface area contributed by atoms with Crippen LogP contribution in [0.15, 0.2) is 16.8 Å². The van der Waals surface area contributed by atoms with Gasteiger partial charge in [0.15, 0.2) is 0 Å². The van der Waals surface area contributed by atoms with Gasteiger partial charge in [-0.25, -0.2) is 9.97 Å². The highest BCUT2D eigenvalue weighted by Gasteiger charge is 2.28. The number of aryl methyl sites for hydroxylation is 1. The Bertz CT molecular complexity index is 667. The predicted octanol–water partition coefficient (Wildman–Crippen LogP) is 2.34. The predicted molar refractivity (Wildman–Crippen MR) is 83.5 cm³/mol. The Hall–Kier alpha value is -2.31. The molecule has 0 unspecified atom stereocenters. The quantitative estimate of drug-likeness (QED) is 0.861. The van der Waals surface area contributed by atoms with Crippen molar-refractivity contribution in [3.05, 3.63) is 24.1 Å². The number of amides is 1. The molecule has 0 saturated carbocycles. The lowest BCUT2D eigenvalue weighted by molar-refractivity contribution is -0.132. The lowest BCUT2D eigenvalue weighted by atomic mass is 9.97. The zero-order chi connectivity index (χ0) is 16.2. The summed E-state index contributed by atoms with van der Waals surface area (Å²) >= 11 is 0. The Labute approximate surface area is 135 Å². The molecule has 0 bridgehead atoms. The number of rotatable bonds is 4. The zero-order valence-electron chi connectivity index (χ0n) is 13.5. The summed E-state index contributed by atoms with van der Waals surface area (Å²) in [5.41, 5.74) is 0.712. The summed E-state index contributed by atoms with van der Waals surface area (Å²) in [6, 6.07) is 0. The Morgan fingerprint density at radius 1 is 1.35 bits per heavy atom. The minimum Gasteiger partial charge on any atom is -0.420 e. The molecule has 7 heteroatoms. The van der Waals surface area contributed by atoms with Crippen molar-refractivity contribution in [2.24, 2.45) is 0 Å². The van der Waals surface area contributed by atoms with Crippen LogP contribution in [0.2, 0.25) is 0 Å². The van der Waals surface area contributed by atoms with Crippen LogP contribution in [0, 0.1) is 6.92 Å². The van der Waals surface area contributed by atoms with Gasteiger partial charge in [-0.3, -0.25) is 4.79 Å². The van der Waals surface area contributed by atoms with Gasteiger partial charge < -0.3 is 9.32 Å². The van der Waals surface area contributed by atoms with Gasteiger partial charge in [-0.05, 0) is 26.2 Å². The molecular formula is C16H21N5O2. The van der Waals surface area contributed by atoms with Crippen LogP contribution in [0.5, 0.6) is 0 Å². The molecule has 3 heterocycles. The molecule has 2 aromatic rings. The monoisotopic (exact) mass is 315 g/mol. The molecule has 1 saturated heterocycles. The molecule has 0 spiro atoms. The maximum atomic E-state index is 12.1. The summed E-state index contributed by atoms with van der Waals surface area (Å²) in [7, 11) is 0. The third-order valence-electron chi connectivity index (χ3n) is 4.06. The maximum Gasteiger partial charge on any atom is 0.250 e. The average molecular weight is 315 g/mol. The Kier molecular flexibility index (Phi) is 4.64. The first-order chi connectivity index (χ1) is 11.2. The van der Waals surface area contributed by atoms with Crippen LogP contribution < -0.4 is 0 Å². The lowest BCUT2D eigenvalue weighted by Gasteiger charge is -2.31. The van der Waals surface area contributed by atoms with Crippen molar-refractivity contribution in [1.82, 2.24) is 25.1 Å². The molecule has 3 rings (SSSR count). The summed E-state index contributed by atoms with van der Waals surface area (Å²) in [6.45, 7) is 5.33. The molecule has 0 aliphatic carbocycles. The number of likely N-dealkylation sites (tertiary alicyclic amines) is 1. The Balaban J connectivity index is 1.72. The van der Waals surface area contributed by atoms with Crippen LogP contribution in [-0.4, -0.2) is 44.1 Å². The minimum atomic E-state index is 0.108. The van der Waals surface area contributed by atoms with Crippen LogP contribution in [0.4, 0.5) is 0 Å². The summed E-state index contributed by atoms with van der Waals surface area (Å²) in [5, 5.41) is 8.27. The lowest BCUT2D eigenvalue weighted by Crippen LogP contribution is -2.39. The normalized spacial score (nSPS) is 18.2. The molecule has 1 atom stereocenters. The molecule has 1 aliphatic rings. The minimum absolute atomic E-state index is 0.108. The van der Waals surface area contributed by atoms with Gasteiger partial charge in [-0.2, -0.15) is 0 Å². The van der Waals surface area contributed by atoms with Crippen molar-refractivity contribution in [3.8, 4) is 11.5 Å². The highest BCUT2D eigenvalue weighted by atomic mass is 16.4. The number of hydrogen-bond donors (Lipinski definition) is 0. The Morgan fingerprint density at radius 2 is 2.13 bits per heavy atom. The van der Waals surface area contributed by atoms with Gasteiger partial charge in [-0.15, -0.1) is 10.2 Å². The van der Waals surface area contributed by atoms with E-state index in [-0.39, 0.29) is 11.8 Å². The van der Waals surface area contributed by atoms with E-state index in [2.05, 4.69) is 20.2 Å². The van der Waals surface area contributed by atoms with E-state index in [9.17, 15) is 4.79 Å². The molecule has 7 nitrogen and oxygen atoms in total. The van der Waals surface area contributed by atoms with Gasteiger partial charge in [0.25, 0.3) is 5.89 Å². The first kappa shape index (κ1) is 15.6. The third-order valence-corrected chi connectivity index (χ3v) is 4.06. The van der Waals surface area contributed by atoms with Crippen molar-refractivity contribution in [1.29, 1.82) is 0 Å². The second-order valence-corrected chi connectivity index (χ2v) is 5.89. The molecular weight excluding hydrogens is 294 g/mol. The molecule has 1 aliphatic heterocycles. The molecule has 0 N–H and O–H groups in total. The van der Waals surface area contributed by atoms with Crippen LogP contribution in [0.1, 0.15) is 50.2 Å². The van der Waals surface area contributed by atoms with Gasteiger partial charge >= 0.3 is 0 Å². The standard InChI is InChI=1S/C16H21N5O2/c1-3-5-14(22)21-7-4-6-12(10-21)15-19-20-16(23-15)13-8-17-11(2)18-9-13/h8-9,12H,3-7,10H2,1-2H3/t12-/m1/s1. The number of carbonyl (C=O) groups excluding carboxylic acids is 1. The van der Waals surface area contributed by atoms with E-state index < -0.39 is 0 Å². The molecule has 0 radical (unpaired) electrons. The van der Waals surface area contributed by atoms with Crippen molar-refractivity contribution < 1.29 is 9.21 Å². The van der Waals surface area contributed by atoms with Crippen LogP contribution in [0.3, 0.4) is 0 Å². The van der Waals surface area contributed by atoms with Crippen molar-refractivity contribution in [2.45, 2.75) is 45.4 Å². The summed E-state index contributed by atoms with van der Waals surface area (Å²) in [4.78, 5) is 22.3. The fourth-order valence-electron chi connectivity index (χ4n) is 2.80. The second-order valence-electron chi connectivity index (χ2n) is 5.89. The molecule has 122 valence electrons. The van der Waals surface area contributed by atoms with Crippen LogP contribution in [0.25, 0.3) is 11.5 Å². The summed E-state index contributed by atoms with van der Waals surface area (Å²) in [6.07, 6.45) is 6.75. The molecule has 1 amide bonds. The largest absolute Gasteiger partial charge is 0.420 e. The molecule has 23 heavy (non-hydrogen) atoms. The van der Waals surface area contributed by atoms with E-state index in [1.807, 2.05) is 18.7 Å². The van der Waals surface area contributed by atoms with Gasteiger partial charge in [0.1, 0.15) is 5.82 Å². The van der Waals surface area contributed by atoms with Crippen LogP contribution >= 0.6 is 0 Å². The second kappa shape index (κ2) is 6.85. The maximum absolute atomic E-state index is 12.1. The molecule has 0 aromatic carbocycles. The zero-order valence-corrected chi connectivity index (χ0v) is 13.5. The van der Waals surface area contributed by atoms with E-state index in [1.165, 1.54) is 0 Å². The topological polar surface area (TPSA) is 85.0 Å². The van der Waals surface area contributed by atoms with Crippen molar-refractivity contribution in [2.75, 3.05) is 13.1 Å². The van der Waals surface area contributed by atoms with Crippen LogP contribution in [-0.2, 0) is 4.79 Å². The SMILES string of the molecule is CCCC(=O)N1CCC[C@@H](c2nnc(-c3cnc(C)nc3)o2)C1. The van der Waals surface area contributed by atoms with E-state index in [4.69, 9.17) is 4.42 Å². The van der Waals surface area contributed by atoms with Gasteiger partial charge in [0, 0.05) is 31.9 Å². The highest BCUT2D eigenvalue weighted by molar-refractivity contribution is 5.76. The number of piperidine rings is 1. The van der Waals surface area contributed by atoms with Gasteiger partial charge in [0.05, 0.1) is 11.5 Å². The third kappa shape index (κ3) is 3.55. The summed E-state index contributed by atoms with van der Waals surface area (Å²) in [5.74, 6) is 2.04. The highest BCUT2D eigenvalue weighted by Crippen LogP contribution is 2.28. The number of carbonyl (C=O) groups is 1. The molecule has 2 aromatic heterocycles. The number of aromatic nitrogens is 4. The van der Waals surface area contributed by atoms with Crippen molar-refractivity contribution >= 4 is 5.91 Å².